The second-order valence-electron chi connectivity index (χ2n) is 7.52. The first-order chi connectivity index (χ1) is 16.2. The lowest BCUT2D eigenvalue weighted by molar-refractivity contribution is -0.142. The predicted octanol–water partition coefficient (Wildman–Crippen LogP) is 6.24. The monoisotopic (exact) mass is 511 g/mol. The van der Waals surface area contributed by atoms with Gasteiger partial charge >= 0.3 is 11.9 Å². The van der Waals surface area contributed by atoms with E-state index in [0.29, 0.717) is 11.4 Å². The Bertz CT molecular complexity index is 954. The van der Waals surface area contributed by atoms with E-state index in [9.17, 15) is 9.59 Å². The van der Waals surface area contributed by atoms with Gasteiger partial charge in [-0.1, -0.05) is 37.0 Å². The number of halogens is 2. The molecule has 7 nitrogen and oxygen atoms in total. The van der Waals surface area contributed by atoms with Crippen LogP contribution in [0.2, 0.25) is 10.0 Å². The van der Waals surface area contributed by atoms with Crippen LogP contribution in [0.1, 0.15) is 45.6 Å². The van der Waals surface area contributed by atoms with Gasteiger partial charge in [0.05, 0.1) is 30.4 Å². The summed E-state index contributed by atoms with van der Waals surface area (Å²) in [7, 11) is 1.63. The van der Waals surface area contributed by atoms with Crippen molar-refractivity contribution in [2.75, 3.05) is 38.3 Å². The molecule has 0 fully saturated rings. The van der Waals surface area contributed by atoms with Crippen molar-refractivity contribution in [1.29, 1.82) is 0 Å². The molecular formula is C25H31Cl2NO6. The van der Waals surface area contributed by atoms with Crippen LogP contribution in [-0.2, 0) is 19.1 Å². The number of benzene rings is 2. The Labute approximate surface area is 210 Å². The average molecular weight is 512 g/mol. The summed E-state index contributed by atoms with van der Waals surface area (Å²) in [6, 6.07) is 8.69. The van der Waals surface area contributed by atoms with Gasteiger partial charge in [-0.3, -0.25) is 9.59 Å². The molecule has 0 N–H and O–H groups in total. The highest BCUT2D eigenvalue weighted by Crippen LogP contribution is 2.41. The van der Waals surface area contributed by atoms with Gasteiger partial charge in [0.15, 0.2) is 5.75 Å². The van der Waals surface area contributed by atoms with Crippen molar-refractivity contribution >= 4 is 40.8 Å². The summed E-state index contributed by atoms with van der Waals surface area (Å²) in [5.41, 5.74) is 1.47. The van der Waals surface area contributed by atoms with Gasteiger partial charge in [0.2, 0.25) is 0 Å². The lowest BCUT2D eigenvalue weighted by Gasteiger charge is -2.24. The van der Waals surface area contributed by atoms with Crippen LogP contribution < -0.4 is 14.4 Å². The molecule has 0 spiro atoms. The Hall–Kier alpha value is -2.64. The third-order valence-electron chi connectivity index (χ3n) is 5.16. The molecule has 0 heterocycles. The molecule has 2 aromatic carbocycles. The molecule has 0 aliphatic rings. The third-order valence-corrected chi connectivity index (χ3v) is 5.72. The molecule has 2 aromatic rings. The van der Waals surface area contributed by atoms with Gasteiger partial charge in [-0.15, -0.1) is 0 Å². The van der Waals surface area contributed by atoms with Crippen molar-refractivity contribution in [3.05, 3.63) is 45.9 Å². The topological polar surface area (TPSA) is 74.3 Å². The van der Waals surface area contributed by atoms with Crippen molar-refractivity contribution in [3.63, 3.8) is 0 Å². The van der Waals surface area contributed by atoms with Crippen LogP contribution in [-0.4, -0.2) is 45.4 Å². The molecule has 0 aliphatic carbocycles. The standard InChI is InChI=1S/C25H31Cl2NO6/c1-6-16(4)19-13-18(9-10-22(19)31-5)34-25-20(26)11-17(12-21(25)27)28(14-23(29)32-7-2)15-24(30)33-8-3/h9-13,16H,6-8,14-15H2,1-5H3. The highest BCUT2D eigenvalue weighted by molar-refractivity contribution is 6.37. The largest absolute Gasteiger partial charge is 0.496 e. The van der Waals surface area contributed by atoms with Crippen LogP contribution >= 0.6 is 23.2 Å². The van der Waals surface area contributed by atoms with Crippen LogP contribution in [0, 0.1) is 0 Å². The van der Waals surface area contributed by atoms with Gasteiger partial charge in [-0.05, 0) is 56.5 Å². The summed E-state index contributed by atoms with van der Waals surface area (Å²) in [4.78, 5) is 25.7. The van der Waals surface area contributed by atoms with Crippen molar-refractivity contribution in [3.8, 4) is 17.2 Å². The summed E-state index contributed by atoms with van der Waals surface area (Å²) in [6.07, 6.45) is 0.937. The zero-order chi connectivity index (χ0) is 25.3. The SMILES string of the molecule is CCOC(=O)CN(CC(=O)OCC)c1cc(Cl)c(Oc2ccc(OC)c(C(C)CC)c2)c(Cl)c1. The fourth-order valence-electron chi connectivity index (χ4n) is 3.29. The van der Waals surface area contributed by atoms with Gasteiger partial charge in [-0.25, -0.2) is 0 Å². The fourth-order valence-corrected chi connectivity index (χ4v) is 3.84. The van der Waals surface area contributed by atoms with Gasteiger partial charge < -0.3 is 23.8 Å². The zero-order valence-corrected chi connectivity index (χ0v) is 21.7. The predicted molar refractivity (Wildman–Crippen MR) is 134 cm³/mol. The number of esters is 2. The highest BCUT2D eigenvalue weighted by Gasteiger charge is 2.21. The van der Waals surface area contributed by atoms with E-state index in [0.717, 1.165) is 17.7 Å². The first kappa shape index (κ1) is 27.6. The molecule has 2 rings (SSSR count). The smallest absolute Gasteiger partial charge is 0.325 e. The Morgan fingerprint density at radius 2 is 1.50 bits per heavy atom. The number of nitrogens with zero attached hydrogens (tertiary/aromatic N) is 1. The number of carbonyl (C=O) groups excluding carboxylic acids is 2. The minimum absolute atomic E-state index is 0.170. The average Bonchev–Trinajstić information content (AvgIpc) is 2.80. The van der Waals surface area contributed by atoms with Crippen molar-refractivity contribution < 1.29 is 28.5 Å². The van der Waals surface area contributed by atoms with Crippen molar-refractivity contribution in [1.82, 2.24) is 0 Å². The molecule has 186 valence electrons. The van der Waals surface area contributed by atoms with E-state index in [1.165, 1.54) is 4.90 Å². The summed E-state index contributed by atoms with van der Waals surface area (Å²) in [5.74, 6) is 0.890. The third kappa shape index (κ3) is 7.43. The number of hydrogen-bond donors (Lipinski definition) is 0. The second kappa shape index (κ2) is 13.3. The lowest BCUT2D eigenvalue weighted by atomic mass is 9.97. The molecule has 9 heteroatoms. The van der Waals surface area contributed by atoms with E-state index in [1.807, 2.05) is 12.1 Å². The Morgan fingerprint density at radius 3 is 1.97 bits per heavy atom. The zero-order valence-electron chi connectivity index (χ0n) is 20.2. The van der Waals surface area contributed by atoms with Gasteiger partial charge in [0.25, 0.3) is 0 Å². The van der Waals surface area contributed by atoms with E-state index in [4.69, 9.17) is 42.1 Å². The summed E-state index contributed by atoms with van der Waals surface area (Å²) in [6.45, 7) is 7.73. The second-order valence-corrected chi connectivity index (χ2v) is 8.33. The van der Waals surface area contributed by atoms with Crippen molar-refractivity contribution in [2.24, 2.45) is 0 Å². The number of rotatable bonds is 12. The van der Waals surface area contributed by atoms with Crippen LogP contribution in [0.25, 0.3) is 0 Å². The molecule has 1 unspecified atom stereocenters. The lowest BCUT2D eigenvalue weighted by Crippen LogP contribution is -2.36. The van der Waals surface area contributed by atoms with Gasteiger partial charge in [-0.2, -0.15) is 0 Å². The van der Waals surface area contributed by atoms with Crippen LogP contribution in [0.3, 0.4) is 0 Å². The van der Waals surface area contributed by atoms with Gasteiger partial charge in [0.1, 0.15) is 24.6 Å². The van der Waals surface area contributed by atoms with E-state index in [1.54, 1.807) is 39.2 Å². The number of hydrogen-bond acceptors (Lipinski definition) is 7. The molecule has 34 heavy (non-hydrogen) atoms. The molecule has 0 saturated carbocycles. The first-order valence-electron chi connectivity index (χ1n) is 11.1. The van der Waals surface area contributed by atoms with E-state index in [2.05, 4.69) is 13.8 Å². The van der Waals surface area contributed by atoms with E-state index in [-0.39, 0.29) is 48.0 Å². The Morgan fingerprint density at radius 1 is 0.941 bits per heavy atom. The molecule has 0 aliphatic heterocycles. The minimum atomic E-state index is -0.491. The quantitative estimate of drug-likeness (QED) is 0.312. The fraction of sp³-hybridized carbons (Fsp3) is 0.440. The summed E-state index contributed by atoms with van der Waals surface area (Å²) in [5, 5.41) is 0.447. The Kier molecular flexibility index (Phi) is 10.8. The van der Waals surface area contributed by atoms with Gasteiger partial charge in [0, 0.05) is 11.3 Å². The summed E-state index contributed by atoms with van der Waals surface area (Å²) >= 11 is 13.0. The van der Waals surface area contributed by atoms with Crippen LogP contribution in [0.5, 0.6) is 17.2 Å². The maximum absolute atomic E-state index is 12.1. The number of carbonyl (C=O) groups is 2. The summed E-state index contributed by atoms with van der Waals surface area (Å²) < 4.78 is 21.5. The molecule has 0 radical (unpaired) electrons. The number of ether oxygens (including phenoxy) is 4. The van der Waals surface area contributed by atoms with Crippen LogP contribution in [0.4, 0.5) is 5.69 Å². The van der Waals surface area contributed by atoms with Crippen LogP contribution in [0.15, 0.2) is 30.3 Å². The maximum Gasteiger partial charge on any atom is 0.325 e. The number of methoxy groups -OCH3 is 1. The molecular weight excluding hydrogens is 481 g/mol. The van der Waals surface area contributed by atoms with E-state index >= 15 is 0 Å². The number of anilines is 1. The maximum atomic E-state index is 12.1. The normalized spacial score (nSPS) is 11.5. The molecule has 0 bridgehead atoms. The molecule has 0 aromatic heterocycles. The molecule has 0 amide bonds. The molecule has 0 saturated heterocycles. The van der Waals surface area contributed by atoms with Crippen molar-refractivity contribution in [2.45, 2.75) is 40.0 Å². The molecule has 1 atom stereocenters. The minimum Gasteiger partial charge on any atom is -0.496 e. The Balaban J connectivity index is 2.36. The highest BCUT2D eigenvalue weighted by atomic mass is 35.5. The van der Waals surface area contributed by atoms with E-state index < -0.39 is 11.9 Å². The first-order valence-corrected chi connectivity index (χ1v) is 11.9.